The van der Waals surface area contributed by atoms with Gasteiger partial charge in [0.05, 0.1) is 5.56 Å². The molecule has 0 radical (unpaired) electrons. The zero-order valence-corrected chi connectivity index (χ0v) is 15.7. The van der Waals surface area contributed by atoms with Crippen LogP contribution in [0.5, 0.6) is 0 Å². The zero-order chi connectivity index (χ0) is 21.5. The van der Waals surface area contributed by atoms with E-state index in [-0.39, 0.29) is 22.8 Å². The van der Waals surface area contributed by atoms with Crippen molar-refractivity contribution in [1.29, 1.82) is 0 Å². The molecular formula is C23H15F4NO2. The van der Waals surface area contributed by atoms with Crippen LogP contribution in [0, 0.1) is 5.82 Å². The van der Waals surface area contributed by atoms with Crippen LogP contribution in [0.1, 0.15) is 22.6 Å². The van der Waals surface area contributed by atoms with Crippen molar-refractivity contribution in [3.05, 3.63) is 88.9 Å². The Bertz CT molecular complexity index is 1210. The fourth-order valence-electron chi connectivity index (χ4n) is 3.49. The number of ether oxygens (including phenoxy) is 1. The van der Waals surface area contributed by atoms with Gasteiger partial charge in [0.15, 0.2) is 5.76 Å². The molecule has 0 spiro atoms. The summed E-state index contributed by atoms with van der Waals surface area (Å²) in [5, 5.41) is 1.36. The minimum Gasteiger partial charge on any atom is -0.438 e. The topological polar surface area (TPSA) is 38.7 Å². The molecule has 1 heterocycles. The second-order valence-electron chi connectivity index (χ2n) is 6.78. The second-order valence-corrected chi connectivity index (χ2v) is 6.78. The van der Waals surface area contributed by atoms with Gasteiger partial charge in [-0.3, -0.25) is 9.79 Å². The van der Waals surface area contributed by atoms with E-state index < -0.39 is 29.3 Å². The molecule has 152 valence electrons. The van der Waals surface area contributed by atoms with Crippen molar-refractivity contribution in [2.45, 2.75) is 12.1 Å². The fraction of sp³-hybridized carbons (Fsp3) is 0.130. The van der Waals surface area contributed by atoms with Crippen molar-refractivity contribution in [2.75, 3.05) is 7.05 Å². The number of alkyl halides is 3. The van der Waals surface area contributed by atoms with Crippen LogP contribution in [0.3, 0.4) is 0 Å². The standard InChI is InChI=1S/C23H15F4NO2/c1-28-22-20(14-6-4-7-15(11-14)23(25,26)27)21(29)19(30-22)12-17-16-8-3-2-5-13(16)9-10-18(17)24/h2-12,20H,1H3. The molecule has 7 heteroatoms. The summed E-state index contributed by atoms with van der Waals surface area (Å²) in [6.45, 7) is 0. The molecule has 1 aliphatic rings. The predicted octanol–water partition coefficient (Wildman–Crippen LogP) is 5.75. The quantitative estimate of drug-likeness (QED) is 0.396. The third kappa shape index (κ3) is 3.47. The van der Waals surface area contributed by atoms with Gasteiger partial charge in [-0.2, -0.15) is 13.2 Å². The summed E-state index contributed by atoms with van der Waals surface area (Å²) in [7, 11) is 1.38. The number of aliphatic imine (C=N–C) groups is 1. The molecule has 3 aromatic rings. The first-order valence-corrected chi connectivity index (χ1v) is 9.04. The molecule has 1 atom stereocenters. The van der Waals surface area contributed by atoms with Gasteiger partial charge in [-0.05, 0) is 34.5 Å². The van der Waals surface area contributed by atoms with Gasteiger partial charge in [0.2, 0.25) is 11.7 Å². The lowest BCUT2D eigenvalue weighted by Gasteiger charge is -2.11. The zero-order valence-electron chi connectivity index (χ0n) is 15.7. The van der Waals surface area contributed by atoms with Crippen LogP contribution in [-0.4, -0.2) is 18.7 Å². The van der Waals surface area contributed by atoms with Crippen LogP contribution in [-0.2, 0) is 15.7 Å². The highest BCUT2D eigenvalue weighted by Gasteiger charge is 2.40. The van der Waals surface area contributed by atoms with E-state index in [9.17, 15) is 22.4 Å². The first-order valence-electron chi connectivity index (χ1n) is 9.04. The van der Waals surface area contributed by atoms with E-state index in [1.165, 1.54) is 31.3 Å². The van der Waals surface area contributed by atoms with Crippen molar-refractivity contribution < 1.29 is 27.1 Å². The second kappa shape index (κ2) is 7.40. The van der Waals surface area contributed by atoms with E-state index in [2.05, 4.69) is 4.99 Å². The predicted molar refractivity (Wildman–Crippen MR) is 106 cm³/mol. The van der Waals surface area contributed by atoms with Crippen LogP contribution in [0.2, 0.25) is 0 Å². The van der Waals surface area contributed by atoms with Crippen molar-refractivity contribution in [1.82, 2.24) is 0 Å². The molecule has 0 amide bonds. The van der Waals surface area contributed by atoms with Gasteiger partial charge >= 0.3 is 6.18 Å². The number of ketones is 1. The van der Waals surface area contributed by atoms with Crippen LogP contribution < -0.4 is 0 Å². The average molecular weight is 413 g/mol. The minimum absolute atomic E-state index is 0.0359. The summed E-state index contributed by atoms with van der Waals surface area (Å²) < 4.78 is 59.3. The highest BCUT2D eigenvalue weighted by atomic mass is 19.4. The molecule has 0 N–H and O–H groups in total. The molecule has 4 rings (SSSR count). The Kier molecular flexibility index (Phi) is 4.89. The number of benzene rings is 3. The van der Waals surface area contributed by atoms with E-state index in [1.807, 2.05) is 0 Å². The van der Waals surface area contributed by atoms with Crippen molar-refractivity contribution in [2.24, 2.45) is 4.99 Å². The number of hydrogen-bond acceptors (Lipinski definition) is 3. The molecule has 0 aromatic heterocycles. The largest absolute Gasteiger partial charge is 0.438 e. The smallest absolute Gasteiger partial charge is 0.416 e. The summed E-state index contributed by atoms with van der Waals surface area (Å²) in [5.41, 5.74) is -0.602. The number of Topliss-reactive ketones (excluding diaryl/α,β-unsaturated/α-hetero) is 1. The molecule has 30 heavy (non-hydrogen) atoms. The number of hydrogen-bond donors (Lipinski definition) is 0. The Hall–Kier alpha value is -3.48. The highest BCUT2D eigenvalue weighted by Crippen LogP contribution is 2.36. The van der Waals surface area contributed by atoms with Crippen LogP contribution in [0.25, 0.3) is 16.8 Å². The maximum Gasteiger partial charge on any atom is 0.416 e. The van der Waals surface area contributed by atoms with Crippen molar-refractivity contribution in [3.8, 4) is 0 Å². The first kappa shape index (κ1) is 19.8. The Morgan fingerprint density at radius 1 is 1.03 bits per heavy atom. The molecule has 1 saturated heterocycles. The lowest BCUT2D eigenvalue weighted by molar-refractivity contribution is -0.137. The number of halogens is 4. The molecule has 3 nitrogen and oxygen atoms in total. The molecule has 1 unspecified atom stereocenters. The van der Waals surface area contributed by atoms with Gasteiger partial charge < -0.3 is 4.74 Å². The molecule has 0 aliphatic carbocycles. The van der Waals surface area contributed by atoms with Crippen molar-refractivity contribution in [3.63, 3.8) is 0 Å². The Morgan fingerprint density at radius 3 is 2.53 bits per heavy atom. The van der Waals surface area contributed by atoms with E-state index in [0.29, 0.717) is 5.39 Å². The molecule has 1 fully saturated rings. The highest BCUT2D eigenvalue weighted by molar-refractivity contribution is 6.21. The number of carbonyl (C=O) groups excluding carboxylic acids is 1. The SMILES string of the molecule is CN=C1OC(=Cc2c(F)ccc3ccccc23)C(=O)C1c1cccc(C(F)(F)F)c1. The average Bonchev–Trinajstić information content (AvgIpc) is 3.05. The maximum absolute atomic E-state index is 14.5. The van der Waals surface area contributed by atoms with Gasteiger partial charge in [-0.25, -0.2) is 4.39 Å². The summed E-state index contributed by atoms with van der Waals surface area (Å²) in [6, 6.07) is 14.4. The maximum atomic E-state index is 14.5. The molecule has 1 aliphatic heterocycles. The monoisotopic (exact) mass is 413 g/mol. The lowest BCUT2D eigenvalue weighted by atomic mass is 9.93. The molecule has 0 bridgehead atoms. The van der Waals surface area contributed by atoms with Gasteiger partial charge in [-0.1, -0.05) is 48.5 Å². The first-order chi connectivity index (χ1) is 14.3. The summed E-state index contributed by atoms with van der Waals surface area (Å²) in [4.78, 5) is 16.9. The summed E-state index contributed by atoms with van der Waals surface area (Å²) >= 11 is 0. The number of carbonyl (C=O) groups is 1. The van der Waals surface area contributed by atoms with Gasteiger partial charge in [0.1, 0.15) is 11.7 Å². The lowest BCUT2D eigenvalue weighted by Crippen LogP contribution is -2.14. The minimum atomic E-state index is -4.55. The Labute approximate surface area is 169 Å². The van der Waals surface area contributed by atoms with E-state index in [0.717, 1.165) is 17.5 Å². The van der Waals surface area contributed by atoms with E-state index in [1.54, 1.807) is 30.3 Å². The van der Waals surface area contributed by atoms with Gasteiger partial charge in [0, 0.05) is 12.6 Å². The van der Waals surface area contributed by atoms with Crippen LogP contribution in [0.4, 0.5) is 17.6 Å². The van der Waals surface area contributed by atoms with Crippen LogP contribution in [0.15, 0.2) is 71.4 Å². The number of allylic oxidation sites excluding steroid dienone is 1. The molecule has 0 saturated carbocycles. The number of nitrogens with zero attached hydrogens (tertiary/aromatic N) is 1. The summed E-state index contributed by atoms with van der Waals surface area (Å²) in [6.07, 6.45) is -3.27. The Morgan fingerprint density at radius 2 is 1.80 bits per heavy atom. The van der Waals surface area contributed by atoms with Gasteiger partial charge in [0.25, 0.3) is 0 Å². The summed E-state index contributed by atoms with van der Waals surface area (Å²) in [5.74, 6) is -2.46. The van der Waals surface area contributed by atoms with E-state index in [4.69, 9.17) is 4.74 Å². The number of rotatable bonds is 2. The number of fused-ring (bicyclic) bond motifs is 1. The third-order valence-corrected chi connectivity index (χ3v) is 4.93. The molecular weight excluding hydrogens is 398 g/mol. The Balaban J connectivity index is 1.80. The molecule has 3 aromatic carbocycles. The van der Waals surface area contributed by atoms with E-state index >= 15 is 0 Å². The third-order valence-electron chi connectivity index (χ3n) is 4.93. The van der Waals surface area contributed by atoms with Crippen molar-refractivity contribution >= 4 is 28.5 Å². The fourth-order valence-corrected chi connectivity index (χ4v) is 3.49. The van der Waals surface area contributed by atoms with Crippen LogP contribution >= 0.6 is 0 Å². The normalized spacial score (nSPS) is 19.6. The van der Waals surface area contributed by atoms with Gasteiger partial charge in [-0.15, -0.1) is 0 Å².